The van der Waals surface area contributed by atoms with Crippen LogP contribution >= 0.6 is 11.6 Å². The van der Waals surface area contributed by atoms with E-state index in [4.69, 9.17) is 16.3 Å². The zero-order valence-electron chi connectivity index (χ0n) is 15.7. The summed E-state index contributed by atoms with van der Waals surface area (Å²) >= 11 is 5.95. The molecule has 28 heavy (non-hydrogen) atoms. The van der Waals surface area contributed by atoms with E-state index < -0.39 is 18.0 Å². The van der Waals surface area contributed by atoms with E-state index in [0.29, 0.717) is 29.2 Å². The summed E-state index contributed by atoms with van der Waals surface area (Å²) in [6.45, 7) is 4.03. The zero-order chi connectivity index (χ0) is 20.3. The van der Waals surface area contributed by atoms with Crippen molar-refractivity contribution in [2.45, 2.75) is 32.8 Å². The molecule has 146 valence electrons. The van der Waals surface area contributed by atoms with Crippen molar-refractivity contribution >= 4 is 40.8 Å². The van der Waals surface area contributed by atoms with Crippen molar-refractivity contribution in [1.29, 1.82) is 0 Å². The molecule has 0 saturated carbocycles. The van der Waals surface area contributed by atoms with Crippen molar-refractivity contribution in [3.63, 3.8) is 0 Å². The lowest BCUT2D eigenvalue weighted by atomic mass is 10.2. The van der Waals surface area contributed by atoms with Crippen LogP contribution in [0.15, 0.2) is 42.5 Å². The molecule has 0 radical (unpaired) electrons. The highest BCUT2D eigenvalue weighted by Crippen LogP contribution is 2.23. The van der Waals surface area contributed by atoms with E-state index in [1.165, 1.54) is 6.92 Å². The Morgan fingerprint density at radius 1 is 1.18 bits per heavy atom. The quantitative estimate of drug-likeness (QED) is 0.771. The van der Waals surface area contributed by atoms with E-state index in [1.807, 2.05) is 6.92 Å². The molecule has 1 aliphatic rings. The Labute approximate surface area is 168 Å². The Bertz CT molecular complexity index is 911. The molecule has 3 rings (SSSR count). The molecule has 2 aromatic rings. The molecular weight excluding hydrogens is 380 g/mol. The number of amides is 2. The topological polar surface area (TPSA) is 75.7 Å². The molecule has 1 saturated heterocycles. The number of nitrogens with one attached hydrogen (secondary N) is 1. The number of benzene rings is 2. The largest absolute Gasteiger partial charge is 0.449 e. The van der Waals surface area contributed by atoms with E-state index in [2.05, 4.69) is 5.32 Å². The van der Waals surface area contributed by atoms with Gasteiger partial charge in [-0.2, -0.15) is 0 Å². The van der Waals surface area contributed by atoms with Gasteiger partial charge in [0.15, 0.2) is 6.10 Å². The van der Waals surface area contributed by atoms with Crippen molar-refractivity contribution in [2.24, 2.45) is 0 Å². The smallest absolute Gasteiger partial charge is 0.338 e. The number of carbonyl (C=O) groups excluding carboxylic acids is 3. The summed E-state index contributed by atoms with van der Waals surface area (Å²) in [5, 5.41) is 3.22. The van der Waals surface area contributed by atoms with Crippen LogP contribution in [0.25, 0.3) is 0 Å². The fourth-order valence-corrected chi connectivity index (χ4v) is 3.12. The molecule has 6 nitrogen and oxygen atoms in total. The van der Waals surface area contributed by atoms with E-state index >= 15 is 0 Å². The normalized spacial score (nSPS) is 14.7. The van der Waals surface area contributed by atoms with E-state index in [0.717, 1.165) is 17.7 Å². The van der Waals surface area contributed by atoms with E-state index in [-0.39, 0.29) is 5.91 Å². The van der Waals surface area contributed by atoms with Gasteiger partial charge in [-0.3, -0.25) is 9.59 Å². The molecule has 2 aromatic carbocycles. The van der Waals surface area contributed by atoms with Crippen molar-refractivity contribution in [3.8, 4) is 0 Å². The van der Waals surface area contributed by atoms with Crippen molar-refractivity contribution in [1.82, 2.24) is 0 Å². The van der Waals surface area contributed by atoms with Gasteiger partial charge in [0, 0.05) is 29.4 Å². The van der Waals surface area contributed by atoms with Gasteiger partial charge in [0.05, 0.1) is 5.56 Å². The van der Waals surface area contributed by atoms with Crippen LogP contribution in [0.3, 0.4) is 0 Å². The van der Waals surface area contributed by atoms with Gasteiger partial charge < -0.3 is 15.0 Å². The number of rotatable bonds is 5. The van der Waals surface area contributed by atoms with Crippen LogP contribution in [0.2, 0.25) is 5.02 Å². The van der Waals surface area contributed by atoms with Crippen LogP contribution in [-0.4, -0.2) is 30.4 Å². The van der Waals surface area contributed by atoms with Gasteiger partial charge in [-0.15, -0.1) is 0 Å². The summed E-state index contributed by atoms with van der Waals surface area (Å²) in [4.78, 5) is 38.1. The third kappa shape index (κ3) is 4.51. The predicted molar refractivity (Wildman–Crippen MR) is 108 cm³/mol. The number of hydrogen-bond donors (Lipinski definition) is 1. The molecule has 1 aliphatic heterocycles. The molecule has 1 fully saturated rings. The predicted octanol–water partition coefficient (Wildman–Crippen LogP) is 3.96. The fraction of sp³-hybridized carbons (Fsp3) is 0.286. The van der Waals surface area contributed by atoms with Crippen LogP contribution in [0.5, 0.6) is 0 Å². The minimum absolute atomic E-state index is 0.0805. The molecule has 0 bridgehead atoms. The van der Waals surface area contributed by atoms with Crippen LogP contribution < -0.4 is 10.2 Å². The summed E-state index contributed by atoms with van der Waals surface area (Å²) < 4.78 is 5.26. The second-order valence-corrected chi connectivity index (χ2v) is 7.13. The first-order valence-corrected chi connectivity index (χ1v) is 9.41. The number of carbonyl (C=O) groups is 3. The highest BCUT2D eigenvalue weighted by molar-refractivity contribution is 6.31. The van der Waals surface area contributed by atoms with Gasteiger partial charge in [0.2, 0.25) is 5.91 Å². The molecule has 0 unspecified atom stereocenters. The first-order valence-electron chi connectivity index (χ1n) is 9.03. The Morgan fingerprint density at radius 2 is 1.89 bits per heavy atom. The van der Waals surface area contributed by atoms with E-state index in [9.17, 15) is 14.4 Å². The maximum atomic E-state index is 12.3. The lowest BCUT2D eigenvalue weighted by molar-refractivity contribution is -0.123. The summed E-state index contributed by atoms with van der Waals surface area (Å²) in [5.74, 6) is -0.973. The lowest BCUT2D eigenvalue weighted by Crippen LogP contribution is -2.30. The molecule has 0 aromatic heterocycles. The summed E-state index contributed by atoms with van der Waals surface area (Å²) in [6.07, 6.45) is 0.398. The molecule has 1 N–H and O–H groups in total. The summed E-state index contributed by atoms with van der Waals surface area (Å²) in [6, 6.07) is 11.8. The number of anilines is 2. The Morgan fingerprint density at radius 3 is 2.54 bits per heavy atom. The molecule has 1 atom stereocenters. The van der Waals surface area contributed by atoms with Gasteiger partial charge >= 0.3 is 5.97 Å². The highest BCUT2D eigenvalue weighted by Gasteiger charge is 2.23. The van der Waals surface area contributed by atoms with Crippen molar-refractivity contribution < 1.29 is 19.1 Å². The van der Waals surface area contributed by atoms with Gasteiger partial charge in [-0.05, 0) is 62.2 Å². The molecule has 7 heteroatoms. The number of nitrogens with zero attached hydrogens (tertiary/aromatic N) is 1. The first kappa shape index (κ1) is 19.9. The van der Waals surface area contributed by atoms with Crippen LogP contribution in [0.1, 0.15) is 35.7 Å². The minimum atomic E-state index is -0.981. The van der Waals surface area contributed by atoms with Gasteiger partial charge in [-0.25, -0.2) is 4.79 Å². The summed E-state index contributed by atoms with van der Waals surface area (Å²) in [5.41, 5.74) is 2.48. The maximum absolute atomic E-state index is 12.3. The Balaban J connectivity index is 1.61. The Hall–Kier alpha value is -2.86. The molecular formula is C21H21ClN2O4. The Kier molecular flexibility index (Phi) is 5.99. The maximum Gasteiger partial charge on any atom is 0.338 e. The second-order valence-electron chi connectivity index (χ2n) is 6.69. The standard InChI is InChI=1S/C21H21ClN2O4/c1-13-5-8-16(22)12-18(13)23-20(26)14(2)28-21(27)15-6-9-17(10-7-15)24-11-3-4-19(24)25/h5-10,12,14H,3-4,11H2,1-2H3,(H,23,26)/t14-/m1/s1. The van der Waals surface area contributed by atoms with E-state index in [1.54, 1.807) is 47.4 Å². The van der Waals surface area contributed by atoms with Crippen molar-refractivity contribution in [3.05, 3.63) is 58.6 Å². The van der Waals surface area contributed by atoms with Crippen LogP contribution in [-0.2, 0) is 14.3 Å². The third-order valence-electron chi connectivity index (χ3n) is 4.60. The third-order valence-corrected chi connectivity index (χ3v) is 4.83. The first-order chi connectivity index (χ1) is 13.3. The average molecular weight is 401 g/mol. The number of esters is 1. The molecule has 0 aliphatic carbocycles. The lowest BCUT2D eigenvalue weighted by Gasteiger charge is -2.17. The SMILES string of the molecule is Cc1ccc(Cl)cc1NC(=O)[C@@H](C)OC(=O)c1ccc(N2CCCC2=O)cc1. The molecule has 1 heterocycles. The number of aryl methyl sites for hydroxylation is 1. The van der Waals surface area contributed by atoms with Crippen LogP contribution in [0, 0.1) is 6.92 Å². The monoisotopic (exact) mass is 400 g/mol. The zero-order valence-corrected chi connectivity index (χ0v) is 16.5. The van der Waals surface area contributed by atoms with Crippen LogP contribution in [0.4, 0.5) is 11.4 Å². The van der Waals surface area contributed by atoms with Gasteiger partial charge in [0.1, 0.15) is 0 Å². The number of ether oxygens (including phenoxy) is 1. The highest BCUT2D eigenvalue weighted by atomic mass is 35.5. The molecule has 2 amide bonds. The summed E-state index contributed by atoms with van der Waals surface area (Å²) in [7, 11) is 0. The molecule has 0 spiro atoms. The minimum Gasteiger partial charge on any atom is -0.449 e. The number of halogens is 1. The fourth-order valence-electron chi connectivity index (χ4n) is 2.94. The van der Waals surface area contributed by atoms with Gasteiger partial charge in [0.25, 0.3) is 5.91 Å². The number of hydrogen-bond acceptors (Lipinski definition) is 4. The second kappa shape index (κ2) is 8.44. The van der Waals surface area contributed by atoms with Crippen molar-refractivity contribution in [2.75, 3.05) is 16.8 Å². The average Bonchev–Trinajstić information content (AvgIpc) is 3.10. The van der Waals surface area contributed by atoms with Gasteiger partial charge in [-0.1, -0.05) is 17.7 Å².